The van der Waals surface area contributed by atoms with Crippen LogP contribution in [0.1, 0.15) is 11.1 Å². The van der Waals surface area contributed by atoms with Crippen molar-refractivity contribution in [3.05, 3.63) is 70.2 Å². The molecule has 0 bridgehead atoms. The highest BCUT2D eigenvalue weighted by atomic mass is 79.9. The van der Waals surface area contributed by atoms with Crippen molar-refractivity contribution >= 4 is 38.9 Å². The Morgan fingerprint density at radius 1 is 1.14 bits per heavy atom. The number of aromatic nitrogens is 1. The van der Waals surface area contributed by atoms with Crippen molar-refractivity contribution in [3.63, 3.8) is 0 Å². The van der Waals surface area contributed by atoms with Gasteiger partial charge in [-0.15, -0.1) is 0 Å². The Balaban J connectivity index is 1.73. The Morgan fingerprint density at radius 2 is 1.96 bits per heavy atom. The fourth-order valence-electron chi connectivity index (χ4n) is 2.97. The van der Waals surface area contributed by atoms with E-state index in [4.69, 9.17) is 9.15 Å². The van der Waals surface area contributed by atoms with Gasteiger partial charge in [-0.25, -0.2) is 4.98 Å². The standard InChI is InChI=1S/C22H17BrN2O3/c1-13-16(22-25-18-7-3-4-9-19(18)28-22)6-5-8-17(13)24-12-14-10-15(23)11-20(27-2)21(14)26/h3-12,26H,1-2H3. The van der Waals surface area contributed by atoms with Crippen LogP contribution in [-0.2, 0) is 0 Å². The van der Waals surface area contributed by atoms with Gasteiger partial charge in [-0.2, -0.15) is 0 Å². The van der Waals surface area contributed by atoms with Crippen molar-refractivity contribution < 1.29 is 14.3 Å². The molecule has 1 N–H and O–H groups in total. The van der Waals surface area contributed by atoms with Gasteiger partial charge in [0.2, 0.25) is 5.89 Å². The average Bonchev–Trinajstić information content (AvgIpc) is 3.13. The van der Waals surface area contributed by atoms with Crippen LogP contribution in [0.3, 0.4) is 0 Å². The van der Waals surface area contributed by atoms with E-state index in [2.05, 4.69) is 25.9 Å². The number of phenolic OH excluding ortho intramolecular Hbond substituents is 1. The van der Waals surface area contributed by atoms with Crippen LogP contribution in [0.4, 0.5) is 5.69 Å². The van der Waals surface area contributed by atoms with E-state index < -0.39 is 0 Å². The highest BCUT2D eigenvalue weighted by Gasteiger charge is 2.13. The largest absolute Gasteiger partial charge is 0.504 e. The first kappa shape index (κ1) is 18.3. The second-order valence-corrected chi connectivity index (χ2v) is 7.16. The second-order valence-electron chi connectivity index (χ2n) is 6.24. The van der Waals surface area contributed by atoms with Crippen LogP contribution in [0.25, 0.3) is 22.6 Å². The molecule has 0 radical (unpaired) electrons. The lowest BCUT2D eigenvalue weighted by atomic mass is 10.1. The van der Waals surface area contributed by atoms with E-state index in [1.165, 1.54) is 7.11 Å². The Bertz CT molecular complexity index is 1160. The summed E-state index contributed by atoms with van der Waals surface area (Å²) in [5.74, 6) is 0.984. The zero-order valence-electron chi connectivity index (χ0n) is 15.3. The molecule has 1 heterocycles. The molecule has 0 atom stereocenters. The summed E-state index contributed by atoms with van der Waals surface area (Å²) in [5, 5.41) is 10.3. The number of oxazole rings is 1. The maximum absolute atomic E-state index is 10.3. The first-order valence-corrected chi connectivity index (χ1v) is 9.42. The first-order chi connectivity index (χ1) is 13.6. The third kappa shape index (κ3) is 3.39. The SMILES string of the molecule is COc1cc(Br)cc(C=Nc2cccc(-c3nc4ccccc4o3)c2C)c1O. The number of phenols is 1. The number of aliphatic imine (C=N–C) groups is 1. The highest BCUT2D eigenvalue weighted by molar-refractivity contribution is 9.10. The van der Waals surface area contributed by atoms with Gasteiger partial charge in [-0.1, -0.05) is 34.1 Å². The predicted molar refractivity (Wildman–Crippen MR) is 114 cm³/mol. The number of halogens is 1. The van der Waals surface area contributed by atoms with Gasteiger partial charge < -0.3 is 14.3 Å². The zero-order valence-corrected chi connectivity index (χ0v) is 16.9. The number of hydrogen-bond donors (Lipinski definition) is 1. The quantitative estimate of drug-likeness (QED) is 0.396. The smallest absolute Gasteiger partial charge is 0.227 e. The van der Waals surface area contributed by atoms with Gasteiger partial charge in [0.05, 0.1) is 12.8 Å². The molecule has 0 aliphatic heterocycles. The first-order valence-electron chi connectivity index (χ1n) is 8.63. The monoisotopic (exact) mass is 436 g/mol. The summed E-state index contributed by atoms with van der Waals surface area (Å²) in [6.45, 7) is 1.97. The number of fused-ring (bicyclic) bond motifs is 1. The molecule has 0 saturated carbocycles. The summed E-state index contributed by atoms with van der Waals surface area (Å²) in [5.41, 5.74) is 4.69. The molecule has 1 aromatic heterocycles. The molecule has 5 nitrogen and oxygen atoms in total. The number of benzene rings is 3. The lowest BCUT2D eigenvalue weighted by Gasteiger charge is -2.08. The van der Waals surface area contributed by atoms with Crippen LogP contribution < -0.4 is 4.74 Å². The molecule has 0 aliphatic carbocycles. The topological polar surface area (TPSA) is 67.9 Å². The molecule has 0 spiro atoms. The number of hydrogen-bond acceptors (Lipinski definition) is 5. The maximum Gasteiger partial charge on any atom is 0.227 e. The van der Waals surface area contributed by atoms with Crippen LogP contribution in [0, 0.1) is 6.92 Å². The molecule has 4 rings (SSSR count). The van der Waals surface area contributed by atoms with E-state index in [1.807, 2.05) is 49.4 Å². The fraction of sp³-hybridized carbons (Fsp3) is 0.0909. The van der Waals surface area contributed by atoms with Crippen molar-refractivity contribution in [1.82, 2.24) is 4.98 Å². The summed E-state index contributed by atoms with van der Waals surface area (Å²) in [7, 11) is 1.51. The summed E-state index contributed by atoms with van der Waals surface area (Å²) >= 11 is 3.41. The van der Waals surface area contributed by atoms with Gasteiger partial charge in [0.1, 0.15) is 5.52 Å². The van der Waals surface area contributed by atoms with Gasteiger partial charge in [0.25, 0.3) is 0 Å². The molecule has 0 aliphatic rings. The van der Waals surface area contributed by atoms with E-state index in [-0.39, 0.29) is 5.75 Å². The van der Waals surface area contributed by atoms with Crippen molar-refractivity contribution in [1.29, 1.82) is 0 Å². The van der Waals surface area contributed by atoms with Gasteiger partial charge in [-0.05, 0) is 48.9 Å². The minimum atomic E-state index is 0.0437. The molecule has 4 aromatic rings. The lowest BCUT2D eigenvalue weighted by Crippen LogP contribution is -1.90. The van der Waals surface area contributed by atoms with Crippen LogP contribution >= 0.6 is 15.9 Å². The van der Waals surface area contributed by atoms with Gasteiger partial charge >= 0.3 is 0 Å². The Hall–Kier alpha value is -3.12. The van der Waals surface area contributed by atoms with E-state index in [0.29, 0.717) is 17.2 Å². The summed E-state index contributed by atoms with van der Waals surface area (Å²) in [4.78, 5) is 9.13. The number of para-hydroxylation sites is 2. The van der Waals surface area contributed by atoms with E-state index >= 15 is 0 Å². The Morgan fingerprint density at radius 3 is 2.75 bits per heavy atom. The summed E-state index contributed by atoms with van der Waals surface area (Å²) in [6.07, 6.45) is 1.61. The maximum atomic E-state index is 10.3. The number of ether oxygens (including phenoxy) is 1. The number of aromatic hydroxyl groups is 1. The van der Waals surface area contributed by atoms with Crippen molar-refractivity contribution in [2.24, 2.45) is 4.99 Å². The molecule has 3 aromatic carbocycles. The lowest BCUT2D eigenvalue weighted by molar-refractivity contribution is 0.373. The minimum absolute atomic E-state index is 0.0437. The summed E-state index contributed by atoms with van der Waals surface area (Å²) in [6, 6.07) is 16.9. The molecular formula is C22H17BrN2O3. The van der Waals surface area contributed by atoms with Crippen molar-refractivity contribution in [3.8, 4) is 23.0 Å². The molecule has 28 heavy (non-hydrogen) atoms. The van der Waals surface area contributed by atoms with Crippen molar-refractivity contribution in [2.45, 2.75) is 6.92 Å². The normalized spacial score (nSPS) is 11.4. The van der Waals surface area contributed by atoms with Crippen LogP contribution in [0.2, 0.25) is 0 Å². The number of methoxy groups -OCH3 is 1. The minimum Gasteiger partial charge on any atom is -0.504 e. The van der Waals surface area contributed by atoms with Gasteiger partial charge in [0.15, 0.2) is 17.1 Å². The number of rotatable bonds is 4. The molecule has 0 unspecified atom stereocenters. The molecule has 140 valence electrons. The predicted octanol–water partition coefficient (Wildman–Crippen LogP) is 6.03. The van der Waals surface area contributed by atoms with Gasteiger partial charge in [0, 0.05) is 21.8 Å². The van der Waals surface area contributed by atoms with Gasteiger partial charge in [-0.3, -0.25) is 4.99 Å². The molecule has 6 heteroatoms. The summed E-state index contributed by atoms with van der Waals surface area (Å²) < 4.78 is 11.9. The van der Waals surface area contributed by atoms with Crippen LogP contribution in [0.5, 0.6) is 11.5 Å². The Labute approximate surface area is 170 Å². The Kier molecular flexibility index (Phi) is 4.88. The van der Waals surface area contributed by atoms with E-state index in [1.54, 1.807) is 18.3 Å². The average molecular weight is 437 g/mol. The molecular weight excluding hydrogens is 420 g/mol. The van der Waals surface area contributed by atoms with Crippen LogP contribution in [-0.4, -0.2) is 23.4 Å². The molecule has 0 fully saturated rings. The third-order valence-electron chi connectivity index (χ3n) is 4.46. The fourth-order valence-corrected chi connectivity index (χ4v) is 3.42. The van der Waals surface area contributed by atoms with E-state index in [9.17, 15) is 5.11 Å². The van der Waals surface area contributed by atoms with E-state index in [0.717, 1.165) is 32.4 Å². The van der Waals surface area contributed by atoms with Crippen molar-refractivity contribution in [2.75, 3.05) is 7.11 Å². The van der Waals surface area contributed by atoms with Crippen LogP contribution in [0.15, 0.2) is 68.5 Å². The number of nitrogens with zero attached hydrogens (tertiary/aromatic N) is 2. The second kappa shape index (κ2) is 7.48. The molecule has 0 amide bonds. The molecule has 0 saturated heterocycles. The highest BCUT2D eigenvalue weighted by Crippen LogP contribution is 2.34. The third-order valence-corrected chi connectivity index (χ3v) is 4.92. The zero-order chi connectivity index (χ0) is 19.7.